The molecule has 0 aromatic rings. The molecule has 0 aliphatic rings. The van der Waals surface area contributed by atoms with Crippen LogP contribution in [-0.4, -0.2) is 6.66 Å². The maximum Gasteiger partial charge on any atom is -0.00565 e. The third kappa shape index (κ3) is 10.7. The van der Waals surface area contributed by atoms with E-state index in [-0.39, 0.29) is 0 Å². The molecule has 0 N–H and O–H groups in total. The van der Waals surface area contributed by atoms with E-state index >= 15 is 0 Å². The molecule has 9 heavy (non-hydrogen) atoms. The molecule has 4 atom stereocenters. The summed E-state index contributed by atoms with van der Waals surface area (Å²) in [6, 6.07) is 0. The normalized spacial score (nSPS) is 14.0. The number of rotatable bonds is 2. The third-order valence-corrected chi connectivity index (χ3v) is 23.6. The molecule has 0 saturated heterocycles. The van der Waals surface area contributed by atoms with Crippen molar-refractivity contribution in [2.75, 3.05) is 6.66 Å². The zero-order chi connectivity index (χ0) is 6.95. The summed E-state index contributed by atoms with van der Waals surface area (Å²) in [6.07, 6.45) is 0. The quantitative estimate of drug-likeness (QED) is 0.562. The van der Waals surface area contributed by atoms with Crippen LogP contribution in [0.2, 0.25) is 0 Å². The van der Waals surface area contributed by atoms with Crippen molar-refractivity contribution in [2.24, 2.45) is 0 Å². The third-order valence-electron chi connectivity index (χ3n) is 0.358. The molecular weight excluding hydrogens is 260 g/mol. The second-order valence-electron chi connectivity index (χ2n) is 0.876. The van der Waals surface area contributed by atoms with E-state index in [0.29, 0.717) is 0 Å². The first-order valence-corrected chi connectivity index (χ1v) is 15.7. The Balaban J connectivity index is 3.53. The molecule has 0 spiro atoms. The second kappa shape index (κ2) is 10.7. The molecule has 0 aliphatic heterocycles. The van der Waals surface area contributed by atoms with Gasteiger partial charge in [0.2, 0.25) is 0 Å². The summed E-state index contributed by atoms with van der Waals surface area (Å²) in [6.45, 7) is 2.24. The van der Waals surface area contributed by atoms with Gasteiger partial charge in [0.1, 0.15) is 0 Å². The van der Waals surface area contributed by atoms with Gasteiger partial charge < -0.3 is 0 Å². The van der Waals surface area contributed by atoms with Crippen LogP contribution < -0.4 is 0 Å². The standard InChI is InChI=1S/CH8P8/c1-3-5-7-9-8-6-4-2/h5-6,9H,2H2,1H3. The lowest BCUT2D eigenvalue weighted by molar-refractivity contribution is 2.52. The van der Waals surface area contributed by atoms with Crippen LogP contribution in [0.15, 0.2) is 0 Å². The van der Waals surface area contributed by atoms with Gasteiger partial charge in [0.15, 0.2) is 0 Å². The number of hydrogen-bond donors (Lipinski definition) is 0. The molecular formula is CH8P8. The minimum atomic E-state index is 1.14. The molecule has 52 valence electrons. The summed E-state index contributed by atoms with van der Waals surface area (Å²) >= 11 is 0. The predicted molar refractivity (Wildman–Crippen MR) is 68.3 cm³/mol. The van der Waals surface area contributed by atoms with Gasteiger partial charge in [-0.1, -0.05) is 38.7 Å². The van der Waals surface area contributed by atoms with E-state index in [1.54, 1.807) is 23.0 Å². The van der Waals surface area contributed by atoms with E-state index in [1.807, 2.05) is 0 Å². The van der Waals surface area contributed by atoms with E-state index < -0.39 is 0 Å². The van der Waals surface area contributed by atoms with E-state index in [1.165, 1.54) is 22.7 Å². The lowest BCUT2D eigenvalue weighted by atomic mass is 12.0. The average Bonchev–Trinajstić information content (AvgIpc) is 1.89. The predicted octanol–water partition coefficient (Wildman–Crippen LogP) is 5.72. The van der Waals surface area contributed by atoms with Crippen molar-refractivity contribution in [3.05, 3.63) is 0 Å². The maximum atomic E-state index is 2.76. The van der Waals surface area contributed by atoms with Gasteiger partial charge in [-0.05, 0) is 29.7 Å². The highest BCUT2D eigenvalue weighted by Crippen LogP contribution is 2.50. The van der Waals surface area contributed by atoms with E-state index in [9.17, 15) is 0 Å². The zero-order valence-corrected chi connectivity index (χ0v) is 12.6. The molecule has 8 heteroatoms. The molecule has 0 fully saturated rings. The fourth-order valence-corrected chi connectivity index (χ4v) is 28.0. The van der Waals surface area contributed by atoms with Crippen molar-refractivity contribution in [3.8, 4) is 0 Å². The molecule has 0 rings (SSSR count). The van der Waals surface area contributed by atoms with Crippen LogP contribution in [0.1, 0.15) is 0 Å². The summed E-state index contributed by atoms with van der Waals surface area (Å²) in [5.41, 5.74) is 0. The van der Waals surface area contributed by atoms with Gasteiger partial charge in [-0.3, -0.25) is 0 Å². The summed E-state index contributed by atoms with van der Waals surface area (Å²) < 4.78 is 0. The second-order valence-corrected chi connectivity index (χ2v) is 19.6. The fraction of sp³-hybridized carbons (Fsp3) is 1.00. The molecule has 0 amide bonds. The lowest BCUT2D eigenvalue weighted by Gasteiger charge is -1.69. The molecule has 0 radical (unpaired) electrons. The molecule has 0 heterocycles. The van der Waals surface area contributed by atoms with Crippen molar-refractivity contribution in [1.29, 1.82) is 0 Å². The molecule has 0 saturated carbocycles. The summed E-state index contributed by atoms with van der Waals surface area (Å²) in [4.78, 5) is 0. The number of hydrogen-bond acceptors (Lipinski definition) is 0. The van der Waals surface area contributed by atoms with Gasteiger partial charge in [0.05, 0.1) is 0 Å². The van der Waals surface area contributed by atoms with Crippen molar-refractivity contribution in [3.63, 3.8) is 0 Å². The van der Waals surface area contributed by atoms with Crippen LogP contribution in [0, 0.1) is 0 Å². The van der Waals surface area contributed by atoms with E-state index in [0.717, 1.165) is 7.15 Å². The van der Waals surface area contributed by atoms with Crippen LogP contribution in [0.5, 0.6) is 0 Å². The highest BCUT2D eigenvalue weighted by Gasteiger charge is 1.61. The van der Waals surface area contributed by atoms with E-state index in [2.05, 4.69) is 15.6 Å². The molecule has 0 nitrogen and oxygen atoms in total. The Hall–Kier alpha value is 2.66. The van der Waals surface area contributed by atoms with Crippen LogP contribution in [0.4, 0.5) is 0 Å². The molecule has 4 unspecified atom stereocenters. The smallest absolute Gasteiger partial charge is 0.00565 e. The zero-order valence-electron chi connectivity index (χ0n) is 4.87. The molecule has 0 aromatic carbocycles. The Kier molecular flexibility index (Phi) is 13.8. The minimum Gasteiger partial charge on any atom is -0.0860 e. The SMILES string of the molecule is CP=[PH]=PPP=[PH]=PP. The average molecular weight is 268 g/mol. The van der Waals surface area contributed by atoms with Gasteiger partial charge in [-0.15, -0.1) is 0 Å². The van der Waals surface area contributed by atoms with Crippen LogP contribution in [0.3, 0.4) is 0 Å². The van der Waals surface area contributed by atoms with Crippen molar-refractivity contribution < 1.29 is 0 Å². The summed E-state index contributed by atoms with van der Waals surface area (Å²) in [5.74, 6) is 0. The Morgan fingerprint density at radius 3 is 2.44 bits per heavy atom. The van der Waals surface area contributed by atoms with Crippen LogP contribution in [-0.2, 0) is 0 Å². The van der Waals surface area contributed by atoms with Crippen LogP contribution in [0.25, 0.3) is 0 Å². The van der Waals surface area contributed by atoms with Gasteiger partial charge in [0.25, 0.3) is 0 Å². The summed E-state index contributed by atoms with van der Waals surface area (Å²) in [5, 5.41) is 0. The van der Waals surface area contributed by atoms with E-state index in [4.69, 9.17) is 0 Å². The van der Waals surface area contributed by atoms with Crippen molar-refractivity contribution >= 4 is 61.7 Å². The van der Waals surface area contributed by atoms with Gasteiger partial charge in [0, 0.05) is 0 Å². The molecule has 0 aromatic heterocycles. The van der Waals surface area contributed by atoms with Gasteiger partial charge in [-0.25, -0.2) is 0 Å². The Labute approximate surface area is 68.5 Å². The van der Waals surface area contributed by atoms with Crippen molar-refractivity contribution in [2.45, 2.75) is 0 Å². The first kappa shape index (κ1) is 11.7. The highest BCUT2D eigenvalue weighted by molar-refractivity contribution is 8.56. The van der Waals surface area contributed by atoms with Crippen molar-refractivity contribution in [1.82, 2.24) is 0 Å². The minimum absolute atomic E-state index is 1.14. The molecule has 0 aliphatic carbocycles. The fourth-order valence-electron chi connectivity index (χ4n) is 0.149. The van der Waals surface area contributed by atoms with Gasteiger partial charge >= 0.3 is 0 Å². The Morgan fingerprint density at radius 2 is 1.89 bits per heavy atom. The molecule has 0 bridgehead atoms. The topological polar surface area (TPSA) is 0 Å². The first-order chi connectivity index (χ1) is 4.41. The van der Waals surface area contributed by atoms with Gasteiger partial charge in [-0.2, -0.15) is 0 Å². The maximum absolute atomic E-state index is 2.76. The monoisotopic (exact) mass is 268 g/mol. The van der Waals surface area contributed by atoms with Crippen LogP contribution >= 0.6 is 61.7 Å². The Bertz CT molecular complexity index is 145. The lowest BCUT2D eigenvalue weighted by Crippen LogP contribution is -0.928. The summed E-state index contributed by atoms with van der Waals surface area (Å²) in [7, 11) is 12.7. The highest BCUT2D eigenvalue weighted by atomic mass is 32.6. The first-order valence-electron chi connectivity index (χ1n) is 2.05. The largest absolute Gasteiger partial charge is 0.0860 e. The Morgan fingerprint density at radius 1 is 1.22 bits per heavy atom.